The molecule has 2 N–H and O–H groups in total. The number of hydrogen-bond donors (Lipinski definition) is 2. The maximum atomic E-state index is 11.7. The summed E-state index contributed by atoms with van der Waals surface area (Å²) in [5, 5.41) is 6.28. The van der Waals surface area contributed by atoms with Crippen LogP contribution in [-0.2, 0) is 9.53 Å². The average molecular weight is 228 g/mol. The second-order valence-electron chi connectivity index (χ2n) is 4.53. The number of amides is 1. The van der Waals surface area contributed by atoms with Crippen LogP contribution in [0, 0.1) is 5.92 Å². The molecule has 0 aromatic rings. The van der Waals surface area contributed by atoms with Gasteiger partial charge in [-0.05, 0) is 45.7 Å². The van der Waals surface area contributed by atoms with E-state index in [4.69, 9.17) is 4.74 Å². The van der Waals surface area contributed by atoms with Crippen LogP contribution in [0.15, 0.2) is 0 Å². The standard InChI is InChI=1S/C12H24N2O2/c1-3-16-9-10(2)14-12(15)8-11-4-6-13-7-5-11/h10-11,13H,3-9H2,1-2H3,(H,14,15). The second kappa shape index (κ2) is 7.63. The first-order valence-electron chi connectivity index (χ1n) is 6.30. The van der Waals surface area contributed by atoms with Gasteiger partial charge in [-0.2, -0.15) is 0 Å². The Hall–Kier alpha value is -0.610. The summed E-state index contributed by atoms with van der Waals surface area (Å²) < 4.78 is 5.26. The molecule has 0 spiro atoms. The number of carbonyl (C=O) groups is 1. The highest BCUT2D eigenvalue weighted by atomic mass is 16.5. The number of piperidine rings is 1. The number of carbonyl (C=O) groups excluding carboxylic acids is 1. The summed E-state index contributed by atoms with van der Waals surface area (Å²) in [5.74, 6) is 0.722. The highest BCUT2D eigenvalue weighted by Crippen LogP contribution is 2.15. The van der Waals surface area contributed by atoms with E-state index in [0.29, 0.717) is 25.6 Å². The van der Waals surface area contributed by atoms with Crippen molar-refractivity contribution in [3.63, 3.8) is 0 Å². The van der Waals surface area contributed by atoms with Crippen LogP contribution in [0.3, 0.4) is 0 Å². The smallest absolute Gasteiger partial charge is 0.220 e. The van der Waals surface area contributed by atoms with Crippen molar-refractivity contribution in [3.05, 3.63) is 0 Å². The Balaban J connectivity index is 2.13. The molecule has 4 nitrogen and oxygen atoms in total. The Morgan fingerprint density at radius 3 is 2.81 bits per heavy atom. The van der Waals surface area contributed by atoms with Gasteiger partial charge in [0.1, 0.15) is 0 Å². The minimum absolute atomic E-state index is 0.120. The van der Waals surface area contributed by atoms with Crippen LogP contribution in [0.2, 0.25) is 0 Å². The Kier molecular flexibility index (Phi) is 6.42. The van der Waals surface area contributed by atoms with Gasteiger partial charge in [0.2, 0.25) is 5.91 Å². The van der Waals surface area contributed by atoms with E-state index in [0.717, 1.165) is 25.9 Å². The molecule has 1 rings (SSSR count). The lowest BCUT2D eigenvalue weighted by molar-refractivity contribution is -0.123. The average Bonchev–Trinajstić information content (AvgIpc) is 2.27. The van der Waals surface area contributed by atoms with Gasteiger partial charge in [-0.3, -0.25) is 4.79 Å². The summed E-state index contributed by atoms with van der Waals surface area (Å²) in [6.07, 6.45) is 2.90. The first kappa shape index (κ1) is 13.5. The fraction of sp³-hybridized carbons (Fsp3) is 0.917. The molecule has 1 saturated heterocycles. The van der Waals surface area contributed by atoms with Crippen molar-refractivity contribution in [3.8, 4) is 0 Å². The molecular formula is C12H24N2O2. The SMILES string of the molecule is CCOCC(C)NC(=O)CC1CCNCC1. The van der Waals surface area contributed by atoms with E-state index in [1.807, 2.05) is 13.8 Å². The molecule has 0 radical (unpaired) electrons. The summed E-state index contributed by atoms with van der Waals surface area (Å²) in [4.78, 5) is 11.7. The van der Waals surface area contributed by atoms with Crippen molar-refractivity contribution in [2.75, 3.05) is 26.3 Å². The zero-order chi connectivity index (χ0) is 11.8. The third kappa shape index (κ3) is 5.47. The van der Waals surface area contributed by atoms with Gasteiger partial charge in [-0.25, -0.2) is 0 Å². The number of nitrogens with one attached hydrogen (secondary N) is 2. The van der Waals surface area contributed by atoms with Gasteiger partial charge in [0.05, 0.1) is 6.61 Å². The van der Waals surface area contributed by atoms with Crippen molar-refractivity contribution in [2.24, 2.45) is 5.92 Å². The van der Waals surface area contributed by atoms with Crippen molar-refractivity contribution < 1.29 is 9.53 Å². The van der Waals surface area contributed by atoms with E-state index < -0.39 is 0 Å². The molecule has 1 atom stereocenters. The maximum absolute atomic E-state index is 11.7. The van der Waals surface area contributed by atoms with E-state index in [-0.39, 0.29) is 11.9 Å². The molecule has 4 heteroatoms. The monoisotopic (exact) mass is 228 g/mol. The Morgan fingerprint density at radius 1 is 1.50 bits per heavy atom. The zero-order valence-corrected chi connectivity index (χ0v) is 10.4. The number of rotatable bonds is 6. The predicted octanol–water partition coefficient (Wildman–Crippen LogP) is 0.917. The Bertz CT molecular complexity index is 203. The molecule has 0 bridgehead atoms. The fourth-order valence-electron chi connectivity index (χ4n) is 2.02. The third-order valence-electron chi connectivity index (χ3n) is 2.91. The maximum Gasteiger partial charge on any atom is 0.220 e. The van der Waals surface area contributed by atoms with Gasteiger partial charge >= 0.3 is 0 Å². The van der Waals surface area contributed by atoms with E-state index in [2.05, 4.69) is 10.6 Å². The lowest BCUT2D eigenvalue weighted by Crippen LogP contribution is -2.38. The van der Waals surface area contributed by atoms with Crippen molar-refractivity contribution >= 4 is 5.91 Å². The van der Waals surface area contributed by atoms with E-state index in [1.165, 1.54) is 0 Å². The molecule has 1 unspecified atom stereocenters. The van der Waals surface area contributed by atoms with Crippen LogP contribution in [0.5, 0.6) is 0 Å². The van der Waals surface area contributed by atoms with Crippen LogP contribution in [0.4, 0.5) is 0 Å². The summed E-state index contributed by atoms with van der Waals surface area (Å²) in [7, 11) is 0. The summed E-state index contributed by atoms with van der Waals surface area (Å²) in [5.41, 5.74) is 0. The minimum atomic E-state index is 0.120. The molecular weight excluding hydrogens is 204 g/mol. The normalized spacial score (nSPS) is 19.4. The first-order chi connectivity index (χ1) is 7.72. The number of ether oxygens (including phenoxy) is 1. The molecule has 0 aromatic heterocycles. The summed E-state index contributed by atoms with van der Waals surface area (Å²) in [6.45, 7) is 7.35. The first-order valence-corrected chi connectivity index (χ1v) is 6.30. The number of hydrogen-bond acceptors (Lipinski definition) is 3. The molecule has 1 heterocycles. The Morgan fingerprint density at radius 2 is 2.19 bits per heavy atom. The molecule has 0 saturated carbocycles. The minimum Gasteiger partial charge on any atom is -0.380 e. The topological polar surface area (TPSA) is 50.4 Å². The molecule has 1 fully saturated rings. The summed E-state index contributed by atoms with van der Waals surface area (Å²) >= 11 is 0. The molecule has 0 aliphatic carbocycles. The summed E-state index contributed by atoms with van der Waals surface area (Å²) in [6, 6.07) is 0.120. The lowest BCUT2D eigenvalue weighted by atomic mass is 9.94. The van der Waals surface area contributed by atoms with Gasteiger partial charge in [-0.1, -0.05) is 0 Å². The van der Waals surface area contributed by atoms with Gasteiger partial charge in [0, 0.05) is 19.1 Å². The largest absolute Gasteiger partial charge is 0.380 e. The molecule has 94 valence electrons. The molecule has 1 aliphatic heterocycles. The third-order valence-corrected chi connectivity index (χ3v) is 2.91. The van der Waals surface area contributed by atoms with Gasteiger partial charge in [0.25, 0.3) is 0 Å². The van der Waals surface area contributed by atoms with Gasteiger partial charge in [-0.15, -0.1) is 0 Å². The van der Waals surface area contributed by atoms with E-state index >= 15 is 0 Å². The predicted molar refractivity (Wildman–Crippen MR) is 64.3 cm³/mol. The van der Waals surface area contributed by atoms with Gasteiger partial charge < -0.3 is 15.4 Å². The second-order valence-corrected chi connectivity index (χ2v) is 4.53. The van der Waals surface area contributed by atoms with E-state index in [9.17, 15) is 4.79 Å². The van der Waals surface area contributed by atoms with Crippen LogP contribution in [0.25, 0.3) is 0 Å². The zero-order valence-electron chi connectivity index (χ0n) is 10.4. The molecule has 16 heavy (non-hydrogen) atoms. The quantitative estimate of drug-likeness (QED) is 0.710. The highest BCUT2D eigenvalue weighted by molar-refractivity contribution is 5.76. The molecule has 1 amide bonds. The Labute approximate surface area is 98.1 Å². The fourth-order valence-corrected chi connectivity index (χ4v) is 2.02. The van der Waals surface area contributed by atoms with Crippen LogP contribution < -0.4 is 10.6 Å². The van der Waals surface area contributed by atoms with Gasteiger partial charge in [0.15, 0.2) is 0 Å². The molecule has 0 aromatic carbocycles. The van der Waals surface area contributed by atoms with Crippen molar-refractivity contribution in [1.82, 2.24) is 10.6 Å². The van der Waals surface area contributed by atoms with E-state index in [1.54, 1.807) is 0 Å². The molecule has 1 aliphatic rings. The van der Waals surface area contributed by atoms with Crippen LogP contribution >= 0.6 is 0 Å². The van der Waals surface area contributed by atoms with Crippen LogP contribution in [0.1, 0.15) is 33.1 Å². The van der Waals surface area contributed by atoms with Crippen LogP contribution in [-0.4, -0.2) is 38.3 Å². The lowest BCUT2D eigenvalue weighted by Gasteiger charge is -2.23. The highest BCUT2D eigenvalue weighted by Gasteiger charge is 2.17. The van der Waals surface area contributed by atoms with Crippen molar-refractivity contribution in [2.45, 2.75) is 39.2 Å². The van der Waals surface area contributed by atoms with Crippen molar-refractivity contribution in [1.29, 1.82) is 0 Å².